The van der Waals surface area contributed by atoms with Crippen LogP contribution in [0, 0.1) is 5.82 Å². The largest absolute Gasteiger partial charge is 0.396 e. The van der Waals surface area contributed by atoms with Gasteiger partial charge in [0.1, 0.15) is 5.82 Å². The molecule has 0 bridgehead atoms. The number of amides is 1. The Morgan fingerprint density at radius 1 is 1.27 bits per heavy atom. The van der Waals surface area contributed by atoms with E-state index in [0.717, 1.165) is 17.2 Å². The van der Waals surface area contributed by atoms with Crippen LogP contribution in [0.5, 0.6) is 0 Å². The van der Waals surface area contributed by atoms with Crippen LogP contribution in [0.1, 0.15) is 6.92 Å². The molecule has 0 aliphatic heterocycles. The van der Waals surface area contributed by atoms with Gasteiger partial charge < -0.3 is 16.2 Å². The molecule has 3 rings (SSSR count). The lowest BCUT2D eigenvalue weighted by Crippen LogP contribution is -2.43. The van der Waals surface area contributed by atoms with E-state index >= 15 is 0 Å². The number of anilines is 2. The Labute approximate surface area is 150 Å². The van der Waals surface area contributed by atoms with Gasteiger partial charge >= 0.3 is 0 Å². The average molecular weight is 354 g/mol. The third-order valence-electron chi connectivity index (χ3n) is 3.96. The molecule has 0 aliphatic rings. The van der Waals surface area contributed by atoms with Gasteiger partial charge in [-0.05, 0) is 30.7 Å². The number of aliphatic hydroxyl groups is 1. The van der Waals surface area contributed by atoms with E-state index in [0.29, 0.717) is 0 Å². The zero-order valence-electron chi connectivity index (χ0n) is 14.2. The average Bonchev–Trinajstić information content (AvgIpc) is 3.06. The molecular formula is C19H19FN4O2. The van der Waals surface area contributed by atoms with Crippen LogP contribution in [0.3, 0.4) is 0 Å². The number of nitrogens with zero attached hydrogens (tertiary/aromatic N) is 2. The van der Waals surface area contributed by atoms with Crippen LogP contribution in [-0.4, -0.2) is 26.4 Å². The molecule has 1 heterocycles. The summed E-state index contributed by atoms with van der Waals surface area (Å²) in [5, 5.41) is 17.2. The Balaban J connectivity index is 1.71. The van der Waals surface area contributed by atoms with Crippen molar-refractivity contribution in [3.63, 3.8) is 0 Å². The summed E-state index contributed by atoms with van der Waals surface area (Å²) >= 11 is 0. The number of hydrogen-bond acceptors (Lipinski definition) is 4. The SMILES string of the molecule is C[C@](O)(Cn1cc(-c2ccccc2)cn1)C(=O)Nc1ccc(N)c(F)c1. The van der Waals surface area contributed by atoms with Gasteiger partial charge in [0, 0.05) is 17.4 Å². The van der Waals surface area contributed by atoms with Crippen LogP contribution in [0.15, 0.2) is 60.9 Å². The number of nitrogens with two attached hydrogens (primary N) is 1. The van der Waals surface area contributed by atoms with E-state index in [4.69, 9.17) is 5.73 Å². The molecule has 0 radical (unpaired) electrons. The van der Waals surface area contributed by atoms with Crippen molar-refractivity contribution in [1.29, 1.82) is 0 Å². The predicted molar refractivity (Wildman–Crippen MR) is 97.7 cm³/mol. The second-order valence-corrected chi connectivity index (χ2v) is 6.26. The molecule has 2 aromatic carbocycles. The van der Waals surface area contributed by atoms with Crippen molar-refractivity contribution in [3.05, 3.63) is 66.7 Å². The van der Waals surface area contributed by atoms with Gasteiger partial charge in [0.05, 0.1) is 18.4 Å². The molecule has 1 aromatic heterocycles. The van der Waals surface area contributed by atoms with Gasteiger partial charge in [-0.15, -0.1) is 0 Å². The second-order valence-electron chi connectivity index (χ2n) is 6.26. The summed E-state index contributed by atoms with van der Waals surface area (Å²) in [6, 6.07) is 13.6. The highest BCUT2D eigenvalue weighted by molar-refractivity contribution is 5.96. The first-order valence-electron chi connectivity index (χ1n) is 8.02. The van der Waals surface area contributed by atoms with Crippen molar-refractivity contribution in [1.82, 2.24) is 9.78 Å². The van der Waals surface area contributed by atoms with Crippen molar-refractivity contribution >= 4 is 17.3 Å². The van der Waals surface area contributed by atoms with E-state index in [1.807, 2.05) is 30.3 Å². The highest BCUT2D eigenvalue weighted by Crippen LogP contribution is 2.20. The number of hydrogen-bond donors (Lipinski definition) is 3. The van der Waals surface area contributed by atoms with Crippen LogP contribution in [-0.2, 0) is 11.3 Å². The summed E-state index contributed by atoms with van der Waals surface area (Å²) in [5.41, 5.74) is 5.74. The molecule has 0 spiro atoms. The number of aromatic nitrogens is 2. The summed E-state index contributed by atoms with van der Waals surface area (Å²) in [7, 11) is 0. The van der Waals surface area contributed by atoms with E-state index in [2.05, 4.69) is 10.4 Å². The maximum Gasteiger partial charge on any atom is 0.257 e. The number of carbonyl (C=O) groups excluding carboxylic acids is 1. The van der Waals surface area contributed by atoms with E-state index in [9.17, 15) is 14.3 Å². The van der Waals surface area contributed by atoms with Gasteiger partial charge in [0.25, 0.3) is 5.91 Å². The number of benzene rings is 2. The normalized spacial score (nSPS) is 13.2. The van der Waals surface area contributed by atoms with Gasteiger partial charge in [-0.1, -0.05) is 30.3 Å². The van der Waals surface area contributed by atoms with Crippen LogP contribution in [0.4, 0.5) is 15.8 Å². The lowest BCUT2D eigenvalue weighted by molar-refractivity contribution is -0.133. The fourth-order valence-corrected chi connectivity index (χ4v) is 2.49. The van der Waals surface area contributed by atoms with Gasteiger partial charge in [-0.25, -0.2) is 4.39 Å². The number of rotatable bonds is 5. The highest BCUT2D eigenvalue weighted by atomic mass is 19.1. The maximum absolute atomic E-state index is 13.5. The smallest absolute Gasteiger partial charge is 0.257 e. The molecule has 4 N–H and O–H groups in total. The molecule has 0 saturated carbocycles. The minimum absolute atomic E-state index is 0.0141. The molecule has 26 heavy (non-hydrogen) atoms. The predicted octanol–water partition coefficient (Wildman–Crippen LogP) is 2.66. The Hall–Kier alpha value is -3.19. The van der Waals surface area contributed by atoms with Gasteiger partial charge in [-0.3, -0.25) is 9.48 Å². The monoisotopic (exact) mass is 354 g/mol. The quantitative estimate of drug-likeness (QED) is 0.614. The molecule has 3 aromatic rings. The van der Waals surface area contributed by atoms with Crippen LogP contribution in [0.25, 0.3) is 11.1 Å². The zero-order valence-corrected chi connectivity index (χ0v) is 14.2. The lowest BCUT2D eigenvalue weighted by Gasteiger charge is -2.22. The number of nitrogens with one attached hydrogen (secondary N) is 1. The summed E-state index contributed by atoms with van der Waals surface area (Å²) in [5.74, 6) is -1.31. The van der Waals surface area contributed by atoms with Crippen molar-refractivity contribution < 1.29 is 14.3 Å². The molecule has 7 heteroatoms. The Morgan fingerprint density at radius 3 is 2.69 bits per heavy atom. The molecular weight excluding hydrogens is 335 g/mol. The van der Waals surface area contributed by atoms with E-state index < -0.39 is 17.3 Å². The summed E-state index contributed by atoms with van der Waals surface area (Å²) < 4.78 is 15.0. The summed E-state index contributed by atoms with van der Waals surface area (Å²) in [4.78, 5) is 12.4. The first-order chi connectivity index (χ1) is 12.3. The maximum atomic E-state index is 13.5. The van der Waals surface area contributed by atoms with Crippen molar-refractivity contribution in [2.75, 3.05) is 11.1 Å². The Kier molecular flexibility index (Phi) is 4.73. The zero-order chi connectivity index (χ0) is 18.7. The second kappa shape index (κ2) is 6.97. The number of nitrogen functional groups attached to an aromatic ring is 1. The molecule has 0 fully saturated rings. The third kappa shape index (κ3) is 3.89. The lowest BCUT2D eigenvalue weighted by atomic mass is 10.1. The van der Waals surface area contributed by atoms with Gasteiger partial charge in [0.2, 0.25) is 0 Å². The Bertz CT molecular complexity index is 922. The first kappa shape index (κ1) is 17.6. The molecule has 0 aliphatic carbocycles. The fraction of sp³-hybridized carbons (Fsp3) is 0.158. The number of carbonyl (C=O) groups is 1. The molecule has 0 saturated heterocycles. The van der Waals surface area contributed by atoms with Gasteiger partial charge in [-0.2, -0.15) is 5.10 Å². The minimum atomic E-state index is -1.74. The van der Waals surface area contributed by atoms with Crippen LogP contribution in [0.2, 0.25) is 0 Å². The Morgan fingerprint density at radius 2 is 2.00 bits per heavy atom. The highest BCUT2D eigenvalue weighted by Gasteiger charge is 2.31. The van der Waals surface area contributed by atoms with E-state index in [1.54, 1.807) is 12.4 Å². The number of halogens is 1. The standard InChI is InChI=1S/C19H19FN4O2/c1-19(26,18(25)23-15-7-8-17(21)16(20)9-15)12-24-11-14(10-22-24)13-5-3-2-4-6-13/h2-11,26H,12,21H2,1H3,(H,23,25)/t19-/m0/s1. The van der Waals surface area contributed by atoms with Crippen molar-refractivity contribution in [2.24, 2.45) is 0 Å². The molecule has 1 atom stereocenters. The van der Waals surface area contributed by atoms with Gasteiger partial charge in [0.15, 0.2) is 5.60 Å². The minimum Gasteiger partial charge on any atom is -0.396 e. The molecule has 6 nitrogen and oxygen atoms in total. The fourth-order valence-electron chi connectivity index (χ4n) is 2.49. The van der Waals surface area contributed by atoms with Crippen molar-refractivity contribution in [2.45, 2.75) is 19.1 Å². The topological polar surface area (TPSA) is 93.2 Å². The molecule has 1 amide bonds. The van der Waals surface area contributed by atoms with Crippen LogP contribution >= 0.6 is 0 Å². The third-order valence-corrected chi connectivity index (χ3v) is 3.96. The van der Waals surface area contributed by atoms with E-state index in [1.165, 1.54) is 23.7 Å². The molecule has 134 valence electrons. The van der Waals surface area contributed by atoms with Crippen molar-refractivity contribution in [3.8, 4) is 11.1 Å². The van der Waals surface area contributed by atoms with E-state index in [-0.39, 0.29) is 17.9 Å². The molecule has 0 unspecified atom stereocenters. The summed E-state index contributed by atoms with van der Waals surface area (Å²) in [6.07, 6.45) is 3.42. The first-order valence-corrected chi connectivity index (χ1v) is 8.02. The summed E-state index contributed by atoms with van der Waals surface area (Å²) in [6.45, 7) is 1.32. The van der Waals surface area contributed by atoms with Crippen LogP contribution < -0.4 is 11.1 Å².